The van der Waals surface area contributed by atoms with E-state index in [9.17, 15) is 4.79 Å². The van der Waals surface area contributed by atoms with E-state index >= 15 is 0 Å². The molecule has 1 atom stereocenters. The molecule has 2 rings (SSSR count). The third-order valence-electron chi connectivity index (χ3n) is 4.66. The molecule has 3 heteroatoms. The van der Waals surface area contributed by atoms with Gasteiger partial charge in [0.05, 0.1) is 6.54 Å². The van der Waals surface area contributed by atoms with Crippen LogP contribution in [0.15, 0.2) is 0 Å². The summed E-state index contributed by atoms with van der Waals surface area (Å²) in [6.45, 7) is 2.73. The molecule has 0 bridgehead atoms. The van der Waals surface area contributed by atoms with Gasteiger partial charge in [-0.05, 0) is 38.5 Å². The maximum absolute atomic E-state index is 11.8. The highest BCUT2D eigenvalue weighted by molar-refractivity contribution is 5.78. The quantitative estimate of drug-likeness (QED) is 0.789. The summed E-state index contributed by atoms with van der Waals surface area (Å²) in [7, 11) is 0. The Kier molecular flexibility index (Phi) is 5.48. The molecule has 0 unspecified atom stereocenters. The second kappa shape index (κ2) is 7.13. The van der Waals surface area contributed by atoms with Crippen LogP contribution in [0, 0.1) is 5.92 Å². The van der Waals surface area contributed by atoms with E-state index in [1.807, 2.05) is 0 Å². The predicted molar refractivity (Wildman–Crippen MR) is 74.4 cm³/mol. The average molecular weight is 252 g/mol. The van der Waals surface area contributed by atoms with Crippen LogP contribution in [0.4, 0.5) is 0 Å². The Morgan fingerprint density at radius 2 is 1.67 bits per heavy atom. The molecule has 0 aliphatic heterocycles. The highest BCUT2D eigenvalue weighted by atomic mass is 16.1. The van der Waals surface area contributed by atoms with Crippen molar-refractivity contribution in [3.8, 4) is 0 Å². The number of hydrogen-bond acceptors (Lipinski definition) is 2. The molecule has 0 heterocycles. The van der Waals surface area contributed by atoms with Gasteiger partial charge >= 0.3 is 0 Å². The van der Waals surface area contributed by atoms with Crippen molar-refractivity contribution in [2.24, 2.45) is 5.92 Å². The largest absolute Gasteiger partial charge is 0.352 e. The average Bonchev–Trinajstić information content (AvgIpc) is 2.90. The van der Waals surface area contributed by atoms with Gasteiger partial charge in [0.15, 0.2) is 0 Å². The lowest BCUT2D eigenvalue weighted by atomic mass is 9.84. The summed E-state index contributed by atoms with van der Waals surface area (Å²) in [5, 5.41) is 6.55. The minimum absolute atomic E-state index is 0.185. The summed E-state index contributed by atoms with van der Waals surface area (Å²) < 4.78 is 0. The fraction of sp³-hybridized carbons (Fsp3) is 0.933. The Labute approximate surface area is 111 Å². The van der Waals surface area contributed by atoms with E-state index in [4.69, 9.17) is 0 Å². The first-order valence-corrected chi connectivity index (χ1v) is 7.78. The summed E-state index contributed by atoms with van der Waals surface area (Å²) in [4.78, 5) is 11.8. The lowest BCUT2D eigenvalue weighted by Gasteiger charge is -2.28. The smallest absolute Gasteiger partial charge is 0.234 e. The zero-order chi connectivity index (χ0) is 12.8. The van der Waals surface area contributed by atoms with Crippen molar-refractivity contribution in [2.45, 2.75) is 76.8 Å². The summed E-state index contributed by atoms with van der Waals surface area (Å²) >= 11 is 0. The van der Waals surface area contributed by atoms with E-state index in [1.165, 1.54) is 57.8 Å². The Hall–Kier alpha value is -0.570. The van der Waals surface area contributed by atoms with Gasteiger partial charge in [0, 0.05) is 12.1 Å². The minimum Gasteiger partial charge on any atom is -0.352 e. The number of rotatable bonds is 5. The van der Waals surface area contributed by atoms with Crippen molar-refractivity contribution >= 4 is 5.91 Å². The zero-order valence-corrected chi connectivity index (χ0v) is 11.7. The number of nitrogens with one attached hydrogen (secondary N) is 2. The highest BCUT2D eigenvalue weighted by Crippen LogP contribution is 2.26. The summed E-state index contributed by atoms with van der Waals surface area (Å²) in [6, 6.07) is 0.934. The highest BCUT2D eigenvalue weighted by Gasteiger charge is 2.21. The van der Waals surface area contributed by atoms with Crippen LogP contribution in [0.1, 0.15) is 64.7 Å². The lowest BCUT2D eigenvalue weighted by Crippen LogP contribution is -2.44. The van der Waals surface area contributed by atoms with Crippen LogP contribution in [0.2, 0.25) is 0 Å². The van der Waals surface area contributed by atoms with Crippen LogP contribution >= 0.6 is 0 Å². The fourth-order valence-corrected chi connectivity index (χ4v) is 3.40. The van der Waals surface area contributed by atoms with E-state index in [0.29, 0.717) is 18.6 Å². The lowest BCUT2D eigenvalue weighted by molar-refractivity contribution is -0.121. The Bertz CT molecular complexity index is 255. The van der Waals surface area contributed by atoms with Crippen molar-refractivity contribution in [2.75, 3.05) is 6.54 Å². The topological polar surface area (TPSA) is 41.1 Å². The van der Waals surface area contributed by atoms with Gasteiger partial charge in [-0.15, -0.1) is 0 Å². The number of hydrogen-bond donors (Lipinski definition) is 2. The van der Waals surface area contributed by atoms with Crippen LogP contribution in [-0.4, -0.2) is 24.5 Å². The van der Waals surface area contributed by atoms with Crippen molar-refractivity contribution in [3.05, 3.63) is 0 Å². The standard InChI is InChI=1S/C15H28N2O/c1-12(13-7-3-2-4-8-13)16-11-15(18)17-14-9-5-6-10-14/h12-14,16H,2-11H2,1H3,(H,17,18)/t12-/m1/s1. The Morgan fingerprint density at radius 3 is 2.33 bits per heavy atom. The van der Waals surface area contributed by atoms with E-state index in [1.54, 1.807) is 0 Å². The molecule has 0 aromatic heterocycles. The molecule has 2 aliphatic rings. The van der Waals surface area contributed by atoms with E-state index in [-0.39, 0.29) is 5.91 Å². The number of amides is 1. The van der Waals surface area contributed by atoms with Gasteiger partial charge in [0.2, 0.25) is 5.91 Å². The monoisotopic (exact) mass is 252 g/mol. The molecule has 104 valence electrons. The molecule has 0 aromatic carbocycles. The maximum Gasteiger partial charge on any atom is 0.234 e. The first-order chi connectivity index (χ1) is 8.75. The number of carbonyl (C=O) groups excluding carboxylic acids is 1. The third-order valence-corrected chi connectivity index (χ3v) is 4.66. The van der Waals surface area contributed by atoms with Crippen LogP contribution < -0.4 is 10.6 Å². The van der Waals surface area contributed by atoms with Crippen molar-refractivity contribution in [3.63, 3.8) is 0 Å². The van der Waals surface area contributed by atoms with Crippen molar-refractivity contribution in [1.82, 2.24) is 10.6 Å². The Morgan fingerprint density at radius 1 is 1.06 bits per heavy atom. The summed E-state index contributed by atoms with van der Waals surface area (Å²) in [6.07, 6.45) is 11.7. The zero-order valence-electron chi connectivity index (χ0n) is 11.7. The van der Waals surface area contributed by atoms with Gasteiger partial charge < -0.3 is 10.6 Å². The van der Waals surface area contributed by atoms with Crippen LogP contribution in [0.3, 0.4) is 0 Å². The van der Waals surface area contributed by atoms with E-state index in [2.05, 4.69) is 17.6 Å². The van der Waals surface area contributed by atoms with Gasteiger partial charge in [-0.1, -0.05) is 32.1 Å². The third kappa shape index (κ3) is 4.27. The molecular weight excluding hydrogens is 224 g/mol. The first kappa shape index (κ1) is 13.9. The molecule has 2 N–H and O–H groups in total. The van der Waals surface area contributed by atoms with Gasteiger partial charge in [0.25, 0.3) is 0 Å². The minimum atomic E-state index is 0.185. The van der Waals surface area contributed by atoms with Crippen LogP contribution in [0.5, 0.6) is 0 Å². The predicted octanol–water partition coefficient (Wildman–Crippen LogP) is 2.60. The van der Waals surface area contributed by atoms with Crippen molar-refractivity contribution in [1.29, 1.82) is 0 Å². The van der Waals surface area contributed by atoms with E-state index in [0.717, 1.165) is 5.92 Å². The molecule has 0 saturated heterocycles. The first-order valence-electron chi connectivity index (χ1n) is 7.78. The summed E-state index contributed by atoms with van der Waals surface area (Å²) in [5.74, 6) is 0.961. The molecule has 0 radical (unpaired) electrons. The van der Waals surface area contributed by atoms with Gasteiger partial charge in [-0.25, -0.2) is 0 Å². The molecule has 0 aromatic rings. The van der Waals surface area contributed by atoms with Gasteiger partial charge in [-0.3, -0.25) is 4.79 Å². The van der Waals surface area contributed by atoms with Gasteiger partial charge in [-0.2, -0.15) is 0 Å². The SMILES string of the molecule is C[C@@H](NCC(=O)NC1CCCC1)C1CCCCC1. The molecule has 1 amide bonds. The maximum atomic E-state index is 11.8. The van der Waals surface area contributed by atoms with Crippen LogP contribution in [-0.2, 0) is 4.79 Å². The Balaban J connectivity index is 1.61. The molecule has 2 aliphatic carbocycles. The second-order valence-electron chi connectivity index (χ2n) is 6.12. The fourth-order valence-electron chi connectivity index (χ4n) is 3.40. The normalized spacial score (nSPS) is 24.1. The molecule has 0 spiro atoms. The molecule has 3 nitrogen and oxygen atoms in total. The molecule has 18 heavy (non-hydrogen) atoms. The number of carbonyl (C=O) groups is 1. The van der Waals surface area contributed by atoms with E-state index < -0.39 is 0 Å². The summed E-state index contributed by atoms with van der Waals surface area (Å²) in [5.41, 5.74) is 0. The van der Waals surface area contributed by atoms with Crippen molar-refractivity contribution < 1.29 is 4.79 Å². The second-order valence-corrected chi connectivity index (χ2v) is 6.12. The molecule has 2 fully saturated rings. The molecule has 2 saturated carbocycles. The van der Waals surface area contributed by atoms with Crippen LogP contribution in [0.25, 0.3) is 0 Å². The van der Waals surface area contributed by atoms with Gasteiger partial charge in [0.1, 0.15) is 0 Å². The molecular formula is C15H28N2O.